The van der Waals surface area contributed by atoms with E-state index in [1.54, 1.807) is 7.05 Å². The molecule has 0 bridgehead atoms. The summed E-state index contributed by atoms with van der Waals surface area (Å²) in [4.78, 5) is 14.1. The highest BCUT2D eigenvalue weighted by atomic mass is 16.5. The molecule has 3 heterocycles. The molecule has 3 atom stereocenters. The smallest absolute Gasteiger partial charge is 0.248 e. The number of furan rings is 1. The van der Waals surface area contributed by atoms with Gasteiger partial charge in [0.15, 0.2) is 0 Å². The van der Waals surface area contributed by atoms with Gasteiger partial charge >= 0.3 is 0 Å². The Morgan fingerprint density at radius 2 is 2.25 bits per heavy atom. The normalized spacial score (nSPS) is 30.2. The molecule has 0 unspecified atom stereocenters. The maximum absolute atomic E-state index is 11.7. The van der Waals surface area contributed by atoms with Crippen molar-refractivity contribution in [2.24, 2.45) is 0 Å². The van der Waals surface area contributed by atoms with Crippen molar-refractivity contribution in [3.05, 3.63) is 23.7 Å². The summed E-state index contributed by atoms with van der Waals surface area (Å²) < 4.78 is 11.6. The molecule has 0 aliphatic carbocycles. The fourth-order valence-electron chi connectivity index (χ4n) is 3.34. The van der Waals surface area contributed by atoms with E-state index in [-0.39, 0.29) is 18.1 Å². The zero-order valence-corrected chi connectivity index (χ0v) is 12.1. The van der Waals surface area contributed by atoms with E-state index < -0.39 is 0 Å². The standard InChI is InChI=1S/C15H22N2O3/c1-10-3-4-11(19-10)9-17-8-7-13-12(17)5-6-14(20-13)15(18)16-2/h3-4,12-14H,5-9H2,1-2H3,(H,16,18)/t12-,13-,14-/m0/s1. The van der Waals surface area contributed by atoms with Gasteiger partial charge in [-0.3, -0.25) is 9.69 Å². The number of carbonyl (C=O) groups is 1. The second-order valence-electron chi connectivity index (χ2n) is 5.69. The number of hydrogen-bond donors (Lipinski definition) is 1. The number of likely N-dealkylation sites (tertiary alicyclic amines) is 1. The van der Waals surface area contributed by atoms with Crippen LogP contribution in [0.15, 0.2) is 16.5 Å². The van der Waals surface area contributed by atoms with Gasteiger partial charge in [0.2, 0.25) is 5.91 Å². The average molecular weight is 278 g/mol. The van der Waals surface area contributed by atoms with Crippen molar-refractivity contribution in [1.29, 1.82) is 0 Å². The Kier molecular flexibility index (Phi) is 3.81. The Hall–Kier alpha value is -1.33. The van der Waals surface area contributed by atoms with Crippen LogP contribution in [0.5, 0.6) is 0 Å². The van der Waals surface area contributed by atoms with Gasteiger partial charge in [-0.15, -0.1) is 0 Å². The van der Waals surface area contributed by atoms with Gasteiger partial charge < -0.3 is 14.5 Å². The topological polar surface area (TPSA) is 54.7 Å². The maximum atomic E-state index is 11.7. The maximum Gasteiger partial charge on any atom is 0.248 e. The van der Waals surface area contributed by atoms with Gasteiger partial charge in [-0.1, -0.05) is 0 Å². The first-order chi connectivity index (χ1) is 9.67. The minimum absolute atomic E-state index is 0.00330. The third kappa shape index (κ3) is 2.60. The molecular formula is C15H22N2O3. The SMILES string of the molecule is CNC(=O)[C@@H]1CC[C@H]2[C@H](CCN2Cc2ccc(C)o2)O1. The van der Waals surface area contributed by atoms with Crippen LogP contribution in [0.3, 0.4) is 0 Å². The quantitative estimate of drug-likeness (QED) is 0.909. The lowest BCUT2D eigenvalue weighted by atomic mass is 9.98. The van der Waals surface area contributed by atoms with Crippen LogP contribution in [0.2, 0.25) is 0 Å². The molecule has 1 amide bonds. The first-order valence-corrected chi connectivity index (χ1v) is 7.34. The number of aryl methyl sites for hydroxylation is 1. The van der Waals surface area contributed by atoms with Gasteiger partial charge in [0.25, 0.3) is 0 Å². The van der Waals surface area contributed by atoms with Gasteiger partial charge in [0.05, 0.1) is 12.6 Å². The van der Waals surface area contributed by atoms with Gasteiger partial charge in [-0.2, -0.15) is 0 Å². The Morgan fingerprint density at radius 1 is 1.40 bits per heavy atom. The number of ether oxygens (including phenoxy) is 1. The molecular weight excluding hydrogens is 256 g/mol. The first kappa shape index (κ1) is 13.6. The van der Waals surface area contributed by atoms with Crippen LogP contribution in [0.1, 0.15) is 30.8 Å². The zero-order valence-electron chi connectivity index (χ0n) is 12.1. The molecule has 2 fully saturated rings. The molecule has 110 valence electrons. The van der Waals surface area contributed by atoms with Gasteiger partial charge in [0, 0.05) is 19.6 Å². The predicted molar refractivity (Wildman–Crippen MR) is 74.2 cm³/mol. The first-order valence-electron chi connectivity index (χ1n) is 7.34. The fourth-order valence-corrected chi connectivity index (χ4v) is 3.34. The molecule has 1 aromatic rings. The highest BCUT2D eigenvalue weighted by Crippen LogP contribution is 2.32. The summed E-state index contributed by atoms with van der Waals surface area (Å²) in [5, 5.41) is 2.68. The van der Waals surface area contributed by atoms with Crippen LogP contribution < -0.4 is 5.32 Å². The lowest BCUT2D eigenvalue weighted by Crippen LogP contribution is -2.47. The van der Waals surface area contributed by atoms with Crippen LogP contribution in [-0.4, -0.2) is 42.6 Å². The summed E-state index contributed by atoms with van der Waals surface area (Å²) >= 11 is 0. The van der Waals surface area contributed by atoms with Crippen LogP contribution in [0.4, 0.5) is 0 Å². The Bertz CT molecular complexity index is 485. The summed E-state index contributed by atoms with van der Waals surface area (Å²) in [6.45, 7) is 3.81. The monoisotopic (exact) mass is 278 g/mol. The summed E-state index contributed by atoms with van der Waals surface area (Å²) in [7, 11) is 1.66. The van der Waals surface area contributed by atoms with E-state index in [0.717, 1.165) is 43.9 Å². The molecule has 0 spiro atoms. The van der Waals surface area contributed by atoms with E-state index >= 15 is 0 Å². The van der Waals surface area contributed by atoms with Gasteiger partial charge in [0.1, 0.15) is 17.6 Å². The number of carbonyl (C=O) groups excluding carboxylic acids is 1. The summed E-state index contributed by atoms with van der Waals surface area (Å²) in [5.41, 5.74) is 0. The zero-order chi connectivity index (χ0) is 14.1. The number of hydrogen-bond acceptors (Lipinski definition) is 4. The van der Waals surface area contributed by atoms with Crippen molar-refractivity contribution in [3.8, 4) is 0 Å². The summed E-state index contributed by atoms with van der Waals surface area (Å²) in [6, 6.07) is 4.46. The number of amides is 1. The highest BCUT2D eigenvalue weighted by molar-refractivity contribution is 5.80. The van der Waals surface area contributed by atoms with Crippen LogP contribution in [0.25, 0.3) is 0 Å². The molecule has 5 nitrogen and oxygen atoms in total. The van der Waals surface area contributed by atoms with E-state index in [9.17, 15) is 4.79 Å². The van der Waals surface area contributed by atoms with Crippen LogP contribution in [-0.2, 0) is 16.1 Å². The molecule has 5 heteroatoms. The molecule has 2 aliphatic heterocycles. The number of fused-ring (bicyclic) bond motifs is 1. The summed E-state index contributed by atoms with van der Waals surface area (Å²) in [5.74, 6) is 1.97. The second kappa shape index (κ2) is 5.58. The lowest BCUT2D eigenvalue weighted by molar-refractivity contribution is -0.143. The van der Waals surface area contributed by atoms with E-state index in [1.807, 2.05) is 19.1 Å². The number of nitrogens with one attached hydrogen (secondary N) is 1. The Labute approximate surface area is 119 Å². The molecule has 20 heavy (non-hydrogen) atoms. The molecule has 2 saturated heterocycles. The van der Waals surface area contributed by atoms with Crippen molar-refractivity contribution >= 4 is 5.91 Å². The molecule has 1 aromatic heterocycles. The van der Waals surface area contributed by atoms with Crippen LogP contribution >= 0.6 is 0 Å². The van der Waals surface area contributed by atoms with E-state index in [4.69, 9.17) is 9.15 Å². The molecule has 0 aromatic carbocycles. The molecule has 0 radical (unpaired) electrons. The minimum atomic E-state index is -0.271. The third-order valence-corrected chi connectivity index (χ3v) is 4.36. The third-order valence-electron chi connectivity index (χ3n) is 4.36. The molecule has 1 N–H and O–H groups in total. The van der Waals surface area contributed by atoms with E-state index in [0.29, 0.717) is 6.04 Å². The summed E-state index contributed by atoms with van der Waals surface area (Å²) in [6.07, 6.45) is 2.73. The highest BCUT2D eigenvalue weighted by Gasteiger charge is 2.41. The molecule has 0 saturated carbocycles. The van der Waals surface area contributed by atoms with Crippen LogP contribution in [0, 0.1) is 6.92 Å². The minimum Gasteiger partial charge on any atom is -0.465 e. The Morgan fingerprint density at radius 3 is 2.95 bits per heavy atom. The fraction of sp³-hybridized carbons (Fsp3) is 0.667. The van der Waals surface area contributed by atoms with Crippen molar-refractivity contribution in [3.63, 3.8) is 0 Å². The van der Waals surface area contributed by atoms with Gasteiger partial charge in [-0.05, 0) is 38.3 Å². The lowest BCUT2D eigenvalue weighted by Gasteiger charge is -2.35. The predicted octanol–water partition coefficient (Wildman–Crippen LogP) is 1.46. The van der Waals surface area contributed by atoms with E-state index in [2.05, 4.69) is 10.2 Å². The second-order valence-corrected chi connectivity index (χ2v) is 5.69. The van der Waals surface area contributed by atoms with E-state index in [1.165, 1.54) is 0 Å². The Balaban J connectivity index is 1.61. The average Bonchev–Trinajstić information content (AvgIpc) is 3.05. The number of rotatable bonds is 3. The largest absolute Gasteiger partial charge is 0.465 e. The van der Waals surface area contributed by atoms with Crippen molar-refractivity contribution in [2.45, 2.75) is 51.0 Å². The van der Waals surface area contributed by atoms with Gasteiger partial charge in [-0.25, -0.2) is 0 Å². The van der Waals surface area contributed by atoms with Crippen molar-refractivity contribution in [2.75, 3.05) is 13.6 Å². The molecule has 3 rings (SSSR count). The van der Waals surface area contributed by atoms with Crippen molar-refractivity contribution < 1.29 is 13.9 Å². The number of likely N-dealkylation sites (N-methyl/N-ethyl adjacent to an activating group) is 1. The number of nitrogens with zero attached hydrogens (tertiary/aromatic N) is 1. The molecule has 2 aliphatic rings. The van der Waals surface area contributed by atoms with Crippen molar-refractivity contribution in [1.82, 2.24) is 10.2 Å².